The van der Waals surface area contributed by atoms with Gasteiger partial charge in [-0.1, -0.05) is 30.3 Å². The largest absolute Gasteiger partial charge is 0.445 e. The first-order valence-corrected chi connectivity index (χ1v) is 6.78. The number of hydrogen-bond donors (Lipinski definition) is 0. The van der Waals surface area contributed by atoms with Crippen LogP contribution < -0.4 is 0 Å². The van der Waals surface area contributed by atoms with E-state index in [2.05, 4.69) is 0 Å². The second-order valence-corrected chi connectivity index (χ2v) is 5.37. The molecule has 1 unspecified atom stereocenters. The molecule has 3 heteroatoms. The fraction of sp³-hybridized carbons (Fsp3) is 0.533. The molecule has 2 fully saturated rings. The molecule has 3 nitrogen and oxygen atoms in total. The summed E-state index contributed by atoms with van der Waals surface area (Å²) in [4.78, 5) is 13.8. The summed E-state index contributed by atoms with van der Waals surface area (Å²) in [7, 11) is 0. The van der Waals surface area contributed by atoms with E-state index < -0.39 is 0 Å². The second kappa shape index (κ2) is 5.01. The Labute approximate surface area is 108 Å². The third kappa shape index (κ3) is 2.66. The minimum absolute atomic E-state index is 0.151. The Morgan fingerprint density at radius 1 is 1.17 bits per heavy atom. The first-order valence-electron chi connectivity index (χ1n) is 6.78. The van der Waals surface area contributed by atoms with E-state index >= 15 is 0 Å². The molecule has 0 aromatic heterocycles. The van der Waals surface area contributed by atoms with Gasteiger partial charge in [-0.15, -0.1) is 0 Å². The van der Waals surface area contributed by atoms with Crippen LogP contribution in [0.2, 0.25) is 0 Å². The van der Waals surface area contributed by atoms with Crippen molar-refractivity contribution < 1.29 is 9.53 Å². The zero-order valence-corrected chi connectivity index (χ0v) is 10.5. The Morgan fingerprint density at radius 3 is 2.67 bits per heavy atom. The van der Waals surface area contributed by atoms with Gasteiger partial charge in [-0.2, -0.15) is 0 Å². The Morgan fingerprint density at radius 2 is 1.94 bits per heavy atom. The van der Waals surface area contributed by atoms with Crippen LogP contribution in [0.1, 0.15) is 24.8 Å². The van der Waals surface area contributed by atoms with Crippen LogP contribution in [0.25, 0.3) is 0 Å². The normalized spacial score (nSPS) is 23.1. The summed E-state index contributed by atoms with van der Waals surface area (Å²) < 4.78 is 5.35. The lowest BCUT2D eigenvalue weighted by Crippen LogP contribution is -2.29. The highest BCUT2D eigenvalue weighted by molar-refractivity contribution is 5.68. The second-order valence-electron chi connectivity index (χ2n) is 5.37. The topological polar surface area (TPSA) is 29.5 Å². The first-order chi connectivity index (χ1) is 8.83. The van der Waals surface area contributed by atoms with Crippen molar-refractivity contribution in [1.82, 2.24) is 4.90 Å². The van der Waals surface area contributed by atoms with Crippen molar-refractivity contribution in [3.05, 3.63) is 35.9 Å². The van der Waals surface area contributed by atoms with Crippen molar-refractivity contribution in [3.63, 3.8) is 0 Å². The van der Waals surface area contributed by atoms with Crippen LogP contribution in [-0.2, 0) is 11.3 Å². The molecule has 1 saturated carbocycles. The lowest BCUT2D eigenvalue weighted by Gasteiger charge is -2.16. The molecule has 1 aromatic carbocycles. The molecular weight excluding hydrogens is 226 g/mol. The molecule has 2 aliphatic rings. The average Bonchev–Trinajstić information content (AvgIpc) is 3.15. The number of hydrogen-bond acceptors (Lipinski definition) is 2. The summed E-state index contributed by atoms with van der Waals surface area (Å²) in [6.45, 7) is 2.15. The zero-order chi connectivity index (χ0) is 12.4. The van der Waals surface area contributed by atoms with Crippen molar-refractivity contribution in [2.45, 2.75) is 25.9 Å². The van der Waals surface area contributed by atoms with Crippen molar-refractivity contribution in [2.75, 3.05) is 13.1 Å². The minimum atomic E-state index is -0.151. The quantitative estimate of drug-likeness (QED) is 0.819. The number of rotatable bonds is 3. The molecule has 1 heterocycles. The molecule has 1 aromatic rings. The van der Waals surface area contributed by atoms with Crippen LogP contribution in [0.15, 0.2) is 30.3 Å². The van der Waals surface area contributed by atoms with Crippen LogP contribution in [0.4, 0.5) is 4.79 Å². The Bertz CT molecular complexity index is 414. The molecule has 0 spiro atoms. The van der Waals surface area contributed by atoms with Crippen LogP contribution in [0.5, 0.6) is 0 Å². The lowest BCUT2D eigenvalue weighted by molar-refractivity contribution is 0.103. The third-order valence-electron chi connectivity index (χ3n) is 3.98. The van der Waals surface area contributed by atoms with Gasteiger partial charge in [0, 0.05) is 13.1 Å². The molecule has 1 amide bonds. The SMILES string of the molecule is O=C(OCc1ccccc1)N1CCC(C2CC2)C1. The van der Waals surface area contributed by atoms with Gasteiger partial charge in [-0.25, -0.2) is 4.79 Å². The van der Waals surface area contributed by atoms with Crippen LogP contribution in [0, 0.1) is 11.8 Å². The molecule has 1 atom stereocenters. The molecule has 1 aliphatic heterocycles. The summed E-state index contributed by atoms with van der Waals surface area (Å²) in [6, 6.07) is 9.84. The minimum Gasteiger partial charge on any atom is -0.445 e. The molecule has 1 saturated heterocycles. The fourth-order valence-electron chi connectivity index (χ4n) is 2.72. The maximum absolute atomic E-state index is 11.9. The molecule has 0 radical (unpaired) electrons. The predicted molar refractivity (Wildman–Crippen MR) is 69.0 cm³/mol. The number of likely N-dealkylation sites (tertiary alicyclic amines) is 1. The first kappa shape index (κ1) is 11.6. The van der Waals surface area contributed by atoms with Crippen molar-refractivity contribution in [3.8, 4) is 0 Å². The number of ether oxygens (including phenoxy) is 1. The summed E-state index contributed by atoms with van der Waals surface area (Å²) in [6.07, 6.45) is 3.72. The third-order valence-corrected chi connectivity index (χ3v) is 3.98. The summed E-state index contributed by atoms with van der Waals surface area (Å²) >= 11 is 0. The molecule has 3 rings (SSSR count). The van der Waals surface area contributed by atoms with Crippen LogP contribution in [0.3, 0.4) is 0 Å². The Hall–Kier alpha value is -1.51. The standard InChI is InChI=1S/C15H19NO2/c17-15(18-11-12-4-2-1-3-5-12)16-9-8-14(10-16)13-6-7-13/h1-5,13-14H,6-11H2. The van der Waals surface area contributed by atoms with Gasteiger partial charge in [-0.3, -0.25) is 0 Å². The van der Waals surface area contributed by atoms with Gasteiger partial charge in [-0.05, 0) is 36.7 Å². The van der Waals surface area contributed by atoms with E-state index in [1.54, 1.807) is 0 Å². The Kier molecular flexibility index (Phi) is 3.22. The lowest BCUT2D eigenvalue weighted by atomic mass is 10.0. The smallest absolute Gasteiger partial charge is 0.410 e. The highest BCUT2D eigenvalue weighted by atomic mass is 16.6. The van der Waals surface area contributed by atoms with Gasteiger partial charge < -0.3 is 9.64 Å². The highest BCUT2D eigenvalue weighted by Crippen LogP contribution is 2.41. The number of benzene rings is 1. The van der Waals surface area contributed by atoms with Gasteiger partial charge in [0.05, 0.1) is 0 Å². The van der Waals surface area contributed by atoms with E-state index in [-0.39, 0.29) is 6.09 Å². The van der Waals surface area contributed by atoms with Crippen LogP contribution in [-0.4, -0.2) is 24.1 Å². The molecule has 96 valence electrons. The number of amides is 1. The summed E-state index contributed by atoms with van der Waals surface area (Å²) in [5.41, 5.74) is 1.05. The molecule has 0 bridgehead atoms. The molecule has 0 N–H and O–H groups in total. The monoisotopic (exact) mass is 245 g/mol. The van der Waals surface area contributed by atoms with Gasteiger partial charge in [0.25, 0.3) is 0 Å². The van der Waals surface area contributed by atoms with E-state index in [0.29, 0.717) is 6.61 Å². The van der Waals surface area contributed by atoms with E-state index in [1.165, 1.54) is 12.8 Å². The summed E-state index contributed by atoms with van der Waals surface area (Å²) in [5.74, 6) is 1.62. The van der Waals surface area contributed by atoms with Crippen molar-refractivity contribution in [2.24, 2.45) is 11.8 Å². The van der Waals surface area contributed by atoms with E-state index in [4.69, 9.17) is 4.74 Å². The van der Waals surface area contributed by atoms with E-state index in [9.17, 15) is 4.79 Å². The predicted octanol–water partition coefficient (Wildman–Crippen LogP) is 3.06. The van der Waals surface area contributed by atoms with Crippen LogP contribution >= 0.6 is 0 Å². The molecule has 1 aliphatic carbocycles. The number of carbonyl (C=O) groups excluding carboxylic acids is 1. The van der Waals surface area contributed by atoms with Gasteiger partial charge in [0.2, 0.25) is 0 Å². The average molecular weight is 245 g/mol. The van der Waals surface area contributed by atoms with Crippen molar-refractivity contribution >= 4 is 6.09 Å². The number of carbonyl (C=O) groups is 1. The number of nitrogens with zero attached hydrogens (tertiary/aromatic N) is 1. The van der Waals surface area contributed by atoms with Gasteiger partial charge in [0.1, 0.15) is 6.61 Å². The fourth-order valence-corrected chi connectivity index (χ4v) is 2.72. The Balaban J connectivity index is 1.47. The summed E-state index contributed by atoms with van der Waals surface area (Å²) in [5, 5.41) is 0. The zero-order valence-electron chi connectivity index (χ0n) is 10.5. The maximum atomic E-state index is 11.9. The van der Waals surface area contributed by atoms with Crippen molar-refractivity contribution in [1.29, 1.82) is 0 Å². The molecular formula is C15H19NO2. The van der Waals surface area contributed by atoms with Gasteiger partial charge >= 0.3 is 6.09 Å². The van der Waals surface area contributed by atoms with Gasteiger partial charge in [0.15, 0.2) is 0 Å². The van der Waals surface area contributed by atoms with E-state index in [0.717, 1.165) is 36.9 Å². The highest BCUT2D eigenvalue weighted by Gasteiger charge is 2.37. The molecule has 18 heavy (non-hydrogen) atoms. The van der Waals surface area contributed by atoms with E-state index in [1.807, 2.05) is 35.2 Å². The maximum Gasteiger partial charge on any atom is 0.410 e.